The second-order valence-corrected chi connectivity index (χ2v) is 6.96. The number of aromatic nitrogens is 3. The molecule has 0 saturated carbocycles. The molecule has 1 atom stereocenters. The van der Waals surface area contributed by atoms with Crippen LogP contribution in [0.4, 0.5) is 0 Å². The third-order valence-electron chi connectivity index (χ3n) is 4.10. The molecule has 0 unspecified atom stereocenters. The average molecular weight is 389 g/mol. The summed E-state index contributed by atoms with van der Waals surface area (Å²) < 4.78 is 12.1. The highest BCUT2D eigenvalue weighted by Crippen LogP contribution is 2.28. The number of esters is 2. The van der Waals surface area contributed by atoms with E-state index < -0.39 is 18.0 Å². The average Bonchev–Trinajstić information content (AvgIpc) is 3.18. The molecule has 0 radical (unpaired) electrons. The molecule has 27 heavy (non-hydrogen) atoms. The van der Waals surface area contributed by atoms with E-state index in [1.54, 1.807) is 50.7 Å². The zero-order valence-corrected chi connectivity index (χ0v) is 16.2. The minimum absolute atomic E-state index is 0.215. The van der Waals surface area contributed by atoms with Crippen molar-refractivity contribution in [2.45, 2.75) is 26.9 Å². The van der Waals surface area contributed by atoms with Crippen molar-refractivity contribution >= 4 is 33.5 Å². The highest BCUT2D eigenvalue weighted by molar-refractivity contribution is 7.20. The van der Waals surface area contributed by atoms with Gasteiger partial charge in [0.25, 0.3) is 5.56 Å². The molecule has 0 aromatic carbocycles. The van der Waals surface area contributed by atoms with E-state index in [1.807, 2.05) is 0 Å². The monoisotopic (exact) mass is 389 g/mol. The summed E-state index contributed by atoms with van der Waals surface area (Å²) in [5.74, 6) is -0.791. The second kappa shape index (κ2) is 7.36. The van der Waals surface area contributed by atoms with Crippen molar-refractivity contribution < 1.29 is 19.1 Å². The first-order chi connectivity index (χ1) is 12.8. The van der Waals surface area contributed by atoms with E-state index in [4.69, 9.17) is 9.47 Å². The molecule has 3 aromatic rings. The molecule has 0 aliphatic rings. The molecule has 8 nitrogen and oxygen atoms in total. The summed E-state index contributed by atoms with van der Waals surface area (Å²) in [4.78, 5) is 44.6. The number of H-pyrrole nitrogens is 1. The van der Waals surface area contributed by atoms with Gasteiger partial charge >= 0.3 is 11.9 Å². The first-order valence-corrected chi connectivity index (χ1v) is 9.17. The van der Waals surface area contributed by atoms with Crippen LogP contribution in [-0.2, 0) is 16.5 Å². The van der Waals surface area contributed by atoms with Crippen molar-refractivity contribution in [1.29, 1.82) is 0 Å². The number of carbonyl (C=O) groups excluding carboxylic acids is 2. The van der Waals surface area contributed by atoms with Crippen molar-refractivity contribution in [3.05, 3.63) is 50.6 Å². The van der Waals surface area contributed by atoms with E-state index in [1.165, 1.54) is 0 Å². The maximum absolute atomic E-state index is 12.5. The summed E-state index contributed by atoms with van der Waals surface area (Å²) >= 11 is 1.09. The Balaban J connectivity index is 1.93. The highest BCUT2D eigenvalue weighted by Gasteiger charge is 2.23. The number of aromatic amines is 1. The summed E-state index contributed by atoms with van der Waals surface area (Å²) in [6.45, 7) is 5.26. The van der Waals surface area contributed by atoms with Crippen LogP contribution in [0.15, 0.2) is 23.1 Å². The van der Waals surface area contributed by atoms with Crippen LogP contribution in [0.5, 0.6) is 0 Å². The number of fused-ring (bicyclic) bond motifs is 1. The van der Waals surface area contributed by atoms with Gasteiger partial charge in [-0.3, -0.25) is 4.79 Å². The van der Waals surface area contributed by atoms with E-state index in [-0.39, 0.29) is 18.0 Å². The SMILES string of the molecule is CCOC(=O)c1sc2nc([C@H](C)OC(=O)c3cccn3C)[nH]c(=O)c2c1C. The quantitative estimate of drug-likeness (QED) is 0.673. The van der Waals surface area contributed by atoms with E-state index in [0.29, 0.717) is 26.4 Å². The molecule has 0 fully saturated rings. The maximum atomic E-state index is 12.5. The molecule has 0 aliphatic heterocycles. The number of thiophene rings is 1. The summed E-state index contributed by atoms with van der Waals surface area (Å²) in [6.07, 6.45) is 0.969. The van der Waals surface area contributed by atoms with Gasteiger partial charge in [0, 0.05) is 13.2 Å². The van der Waals surface area contributed by atoms with E-state index in [0.717, 1.165) is 11.3 Å². The molecule has 0 bridgehead atoms. The number of ether oxygens (including phenoxy) is 2. The minimum atomic E-state index is -0.766. The zero-order valence-electron chi connectivity index (χ0n) is 15.4. The standard InChI is InChI=1S/C18H19N3O5S/c1-5-25-18(24)13-9(2)12-15(22)19-14(20-16(12)27-13)10(3)26-17(23)11-7-6-8-21(11)4/h6-8,10H,5H2,1-4H3,(H,19,20,22)/t10-/m0/s1. The Kier molecular flexibility index (Phi) is 5.13. The topological polar surface area (TPSA) is 103 Å². The second-order valence-electron chi connectivity index (χ2n) is 5.96. The van der Waals surface area contributed by atoms with Crippen LogP contribution in [0.1, 0.15) is 51.5 Å². The Morgan fingerprint density at radius 2 is 2.11 bits per heavy atom. The Morgan fingerprint density at radius 1 is 1.37 bits per heavy atom. The number of aryl methyl sites for hydroxylation is 2. The van der Waals surface area contributed by atoms with Gasteiger partial charge in [-0.1, -0.05) is 0 Å². The minimum Gasteiger partial charge on any atom is -0.462 e. The van der Waals surface area contributed by atoms with Crippen molar-refractivity contribution in [1.82, 2.24) is 14.5 Å². The lowest BCUT2D eigenvalue weighted by atomic mass is 10.2. The van der Waals surface area contributed by atoms with Crippen LogP contribution in [0.2, 0.25) is 0 Å². The van der Waals surface area contributed by atoms with Crippen molar-refractivity contribution in [2.75, 3.05) is 6.61 Å². The fraction of sp³-hybridized carbons (Fsp3) is 0.333. The molecule has 3 aromatic heterocycles. The first kappa shape index (κ1) is 18.8. The Labute approximate surface area is 158 Å². The van der Waals surface area contributed by atoms with Gasteiger partial charge in [-0.2, -0.15) is 0 Å². The Hall–Kier alpha value is -2.94. The molecule has 1 N–H and O–H groups in total. The van der Waals surface area contributed by atoms with Gasteiger partial charge in [-0.25, -0.2) is 14.6 Å². The molecule has 9 heteroatoms. The lowest BCUT2D eigenvalue weighted by Gasteiger charge is -2.12. The first-order valence-electron chi connectivity index (χ1n) is 8.36. The van der Waals surface area contributed by atoms with Crippen LogP contribution in [0.25, 0.3) is 10.2 Å². The molecular formula is C18H19N3O5S. The highest BCUT2D eigenvalue weighted by atomic mass is 32.1. The van der Waals surface area contributed by atoms with Gasteiger partial charge in [0.2, 0.25) is 0 Å². The number of carbonyl (C=O) groups is 2. The van der Waals surface area contributed by atoms with E-state index >= 15 is 0 Å². The van der Waals surface area contributed by atoms with Crippen molar-refractivity contribution in [3.8, 4) is 0 Å². The lowest BCUT2D eigenvalue weighted by molar-refractivity contribution is 0.0308. The van der Waals surface area contributed by atoms with Crippen molar-refractivity contribution in [3.63, 3.8) is 0 Å². The molecule has 0 amide bonds. The van der Waals surface area contributed by atoms with Crippen LogP contribution in [0.3, 0.4) is 0 Å². The third kappa shape index (κ3) is 3.50. The fourth-order valence-electron chi connectivity index (χ4n) is 2.69. The van der Waals surface area contributed by atoms with Gasteiger partial charge < -0.3 is 19.0 Å². The molecule has 3 heterocycles. The van der Waals surface area contributed by atoms with Crippen LogP contribution < -0.4 is 5.56 Å². The number of rotatable bonds is 5. The summed E-state index contributed by atoms with van der Waals surface area (Å²) in [5, 5.41) is 0.341. The van der Waals surface area contributed by atoms with Gasteiger partial charge in [0.05, 0.1) is 12.0 Å². The normalized spacial score (nSPS) is 12.1. The molecule has 0 spiro atoms. The fourth-order valence-corrected chi connectivity index (χ4v) is 3.78. The molecule has 0 aliphatic carbocycles. The maximum Gasteiger partial charge on any atom is 0.355 e. The predicted octanol–water partition coefficient (Wildman–Crippen LogP) is 2.73. The molecule has 3 rings (SSSR count). The summed E-state index contributed by atoms with van der Waals surface area (Å²) in [7, 11) is 1.73. The van der Waals surface area contributed by atoms with Crippen LogP contribution in [0, 0.1) is 6.92 Å². The Bertz CT molecular complexity index is 1080. The third-order valence-corrected chi connectivity index (χ3v) is 5.27. The van der Waals surface area contributed by atoms with Gasteiger partial charge in [0.1, 0.15) is 15.4 Å². The predicted molar refractivity (Wildman–Crippen MR) is 100 cm³/mol. The lowest BCUT2D eigenvalue weighted by Crippen LogP contribution is -2.18. The van der Waals surface area contributed by atoms with E-state index in [9.17, 15) is 14.4 Å². The Morgan fingerprint density at radius 3 is 2.74 bits per heavy atom. The molecule has 0 saturated heterocycles. The number of nitrogens with zero attached hydrogens (tertiary/aromatic N) is 2. The van der Waals surface area contributed by atoms with Gasteiger partial charge in [0.15, 0.2) is 11.9 Å². The number of nitrogens with one attached hydrogen (secondary N) is 1. The molecule has 142 valence electrons. The smallest absolute Gasteiger partial charge is 0.355 e. The summed E-state index contributed by atoms with van der Waals surface area (Å²) in [6, 6.07) is 3.38. The number of hydrogen-bond acceptors (Lipinski definition) is 7. The van der Waals surface area contributed by atoms with Gasteiger partial charge in [-0.05, 0) is 38.5 Å². The summed E-state index contributed by atoms with van der Waals surface area (Å²) in [5.41, 5.74) is 0.533. The van der Waals surface area contributed by atoms with E-state index in [2.05, 4.69) is 9.97 Å². The van der Waals surface area contributed by atoms with Crippen LogP contribution in [-0.4, -0.2) is 33.1 Å². The zero-order chi connectivity index (χ0) is 19.7. The largest absolute Gasteiger partial charge is 0.462 e. The molecular weight excluding hydrogens is 370 g/mol. The number of hydrogen-bond donors (Lipinski definition) is 1. The van der Waals surface area contributed by atoms with Gasteiger partial charge in [-0.15, -0.1) is 11.3 Å². The van der Waals surface area contributed by atoms with Crippen molar-refractivity contribution in [2.24, 2.45) is 7.05 Å². The van der Waals surface area contributed by atoms with Crippen LogP contribution >= 0.6 is 11.3 Å².